The molecule has 0 aliphatic heterocycles. The zero-order chi connectivity index (χ0) is 24.3. The Kier molecular flexibility index (Phi) is 6.04. The van der Waals surface area contributed by atoms with Crippen molar-refractivity contribution in [3.05, 3.63) is 107 Å². The number of phenolic OH excluding ortho intramolecular Hbond substituents is 1. The molecule has 1 unspecified atom stereocenters. The van der Waals surface area contributed by atoms with Crippen LogP contribution in [0.4, 0.5) is 17.6 Å². The van der Waals surface area contributed by atoms with Gasteiger partial charge in [-0.3, -0.25) is 4.98 Å². The van der Waals surface area contributed by atoms with E-state index in [4.69, 9.17) is 0 Å². The van der Waals surface area contributed by atoms with Gasteiger partial charge >= 0.3 is 5.92 Å². The number of phenols is 1. The van der Waals surface area contributed by atoms with Crippen LogP contribution in [0.5, 0.6) is 5.75 Å². The summed E-state index contributed by atoms with van der Waals surface area (Å²) >= 11 is 0. The van der Waals surface area contributed by atoms with E-state index in [0.29, 0.717) is 17.2 Å². The van der Waals surface area contributed by atoms with E-state index in [9.17, 15) is 19.0 Å². The van der Waals surface area contributed by atoms with Crippen LogP contribution in [0, 0.1) is 23.5 Å². The van der Waals surface area contributed by atoms with Gasteiger partial charge in [-0.15, -0.1) is 0 Å². The summed E-state index contributed by atoms with van der Waals surface area (Å²) < 4.78 is 60.2. The average Bonchev–Trinajstić information content (AvgIpc) is 3.31. The molecule has 0 saturated heterocycles. The van der Waals surface area contributed by atoms with Crippen LogP contribution in [0.2, 0.25) is 0 Å². The van der Waals surface area contributed by atoms with Gasteiger partial charge in [0.25, 0.3) is 0 Å². The summed E-state index contributed by atoms with van der Waals surface area (Å²) in [4.78, 5) is 7.40. The van der Waals surface area contributed by atoms with Gasteiger partial charge in [0, 0.05) is 29.0 Å². The lowest BCUT2D eigenvalue weighted by atomic mass is 9.84. The highest BCUT2D eigenvalue weighted by atomic mass is 19.3. The highest BCUT2D eigenvalue weighted by Crippen LogP contribution is 2.46. The number of pyridine rings is 1. The van der Waals surface area contributed by atoms with Crippen molar-refractivity contribution >= 4 is 0 Å². The molecule has 0 amide bonds. The number of alkyl halides is 2. The summed E-state index contributed by atoms with van der Waals surface area (Å²) in [5.74, 6) is -0.819. The molecule has 1 atom stereocenters. The monoisotopic (exact) mass is 468 g/mol. The van der Waals surface area contributed by atoms with E-state index in [1.807, 2.05) is 0 Å². The van der Waals surface area contributed by atoms with Crippen LogP contribution in [0.25, 0.3) is 0 Å². The highest BCUT2D eigenvalue weighted by molar-refractivity contribution is 5.44. The molecule has 0 aliphatic rings. The number of hydrogen-bond donors (Lipinski definition) is 2. The largest absolute Gasteiger partial charge is 0.508 e. The summed E-state index contributed by atoms with van der Waals surface area (Å²) in [5.41, 5.74) is -3.96. The van der Waals surface area contributed by atoms with Crippen molar-refractivity contribution in [2.75, 3.05) is 0 Å². The van der Waals surface area contributed by atoms with Gasteiger partial charge in [-0.05, 0) is 48.5 Å². The smallest absolute Gasteiger partial charge is 0.323 e. The molecule has 2 aromatic heterocycles. The molecular weight excluding hydrogens is 452 g/mol. The van der Waals surface area contributed by atoms with E-state index in [1.54, 1.807) is 12.1 Å². The van der Waals surface area contributed by atoms with E-state index in [0.717, 1.165) is 41.7 Å². The van der Waals surface area contributed by atoms with Gasteiger partial charge in [0.15, 0.2) is 5.60 Å². The van der Waals surface area contributed by atoms with Gasteiger partial charge < -0.3 is 10.2 Å². The molecule has 0 bridgehead atoms. The van der Waals surface area contributed by atoms with Crippen LogP contribution in [-0.2, 0) is 18.1 Å². The van der Waals surface area contributed by atoms with Crippen molar-refractivity contribution < 1.29 is 27.8 Å². The number of aromatic nitrogens is 4. The molecule has 4 rings (SSSR count). The first-order valence-electron chi connectivity index (χ1n) is 9.85. The fourth-order valence-electron chi connectivity index (χ4n) is 3.28. The number of benzene rings is 2. The number of hydrogen-bond acceptors (Lipinski definition) is 5. The first-order chi connectivity index (χ1) is 16.2. The molecule has 34 heavy (non-hydrogen) atoms. The van der Waals surface area contributed by atoms with E-state index >= 15 is 8.78 Å². The standard InChI is InChI=1S/C24H16F4N4O2/c25-18-6-9-20(21(26)11-18)23(34,13-32-15-29-14-31-32)24(27,28)22-10-5-17(12-30-22)2-1-16-3-7-19(33)8-4-16/h3-12,14-15,33-34H,13H2. The lowest BCUT2D eigenvalue weighted by Gasteiger charge is -2.35. The molecule has 172 valence electrons. The van der Waals surface area contributed by atoms with Gasteiger partial charge in [0.05, 0.1) is 6.54 Å². The second-order valence-electron chi connectivity index (χ2n) is 7.38. The lowest BCUT2D eigenvalue weighted by Crippen LogP contribution is -2.48. The Morgan fingerprint density at radius 2 is 1.65 bits per heavy atom. The molecule has 2 N–H and O–H groups in total. The van der Waals surface area contributed by atoms with Crippen molar-refractivity contribution in [2.45, 2.75) is 18.1 Å². The maximum atomic E-state index is 15.7. The first kappa shape index (κ1) is 22.9. The normalized spacial score (nSPS) is 13.1. The molecule has 0 aliphatic carbocycles. The molecule has 0 radical (unpaired) electrons. The van der Waals surface area contributed by atoms with E-state index in [1.165, 1.54) is 18.2 Å². The number of aromatic hydroxyl groups is 1. The number of nitrogens with zero attached hydrogens (tertiary/aromatic N) is 4. The van der Waals surface area contributed by atoms with Crippen molar-refractivity contribution in [1.29, 1.82) is 0 Å². The summed E-state index contributed by atoms with van der Waals surface area (Å²) in [7, 11) is 0. The van der Waals surface area contributed by atoms with Crippen molar-refractivity contribution in [1.82, 2.24) is 19.7 Å². The topological polar surface area (TPSA) is 84.1 Å². The third kappa shape index (κ3) is 4.46. The average molecular weight is 468 g/mol. The third-order valence-corrected chi connectivity index (χ3v) is 5.06. The van der Waals surface area contributed by atoms with E-state index < -0.39 is 41.0 Å². The van der Waals surface area contributed by atoms with Crippen LogP contribution in [0.15, 0.2) is 73.4 Å². The minimum Gasteiger partial charge on any atom is -0.508 e. The minimum atomic E-state index is -4.12. The predicted molar refractivity (Wildman–Crippen MR) is 112 cm³/mol. The second kappa shape index (κ2) is 8.96. The maximum Gasteiger partial charge on any atom is 0.323 e. The molecule has 10 heteroatoms. The Morgan fingerprint density at radius 3 is 2.26 bits per heavy atom. The molecule has 2 heterocycles. The Bertz CT molecular complexity index is 1350. The third-order valence-electron chi connectivity index (χ3n) is 5.06. The summed E-state index contributed by atoms with van der Waals surface area (Å²) in [5, 5.41) is 24.2. The van der Waals surface area contributed by atoms with Crippen molar-refractivity contribution in [3.63, 3.8) is 0 Å². The molecule has 4 aromatic rings. The highest BCUT2D eigenvalue weighted by Gasteiger charge is 2.57. The summed E-state index contributed by atoms with van der Waals surface area (Å²) in [6, 6.07) is 10.3. The van der Waals surface area contributed by atoms with Crippen LogP contribution in [-0.4, -0.2) is 30.0 Å². The number of aliphatic hydroxyl groups is 1. The molecule has 0 fully saturated rings. The van der Waals surface area contributed by atoms with Gasteiger partial charge in [-0.2, -0.15) is 13.9 Å². The minimum absolute atomic E-state index is 0.0785. The fourth-order valence-corrected chi connectivity index (χ4v) is 3.28. The Hall–Kier alpha value is -4.23. The Balaban J connectivity index is 1.71. The molecule has 6 nitrogen and oxygen atoms in total. The van der Waals surface area contributed by atoms with Crippen LogP contribution >= 0.6 is 0 Å². The van der Waals surface area contributed by atoms with Gasteiger partial charge in [-0.25, -0.2) is 18.4 Å². The Labute approximate surface area is 191 Å². The molecule has 0 spiro atoms. The lowest BCUT2D eigenvalue weighted by molar-refractivity contribution is -0.207. The fraction of sp³-hybridized carbons (Fsp3) is 0.125. The van der Waals surface area contributed by atoms with Gasteiger partial charge in [0.1, 0.15) is 35.7 Å². The second-order valence-corrected chi connectivity index (χ2v) is 7.38. The summed E-state index contributed by atoms with van der Waals surface area (Å²) in [6.07, 6.45) is 3.24. The van der Waals surface area contributed by atoms with E-state index in [-0.39, 0.29) is 5.75 Å². The van der Waals surface area contributed by atoms with Crippen LogP contribution in [0.1, 0.15) is 22.4 Å². The van der Waals surface area contributed by atoms with Crippen molar-refractivity contribution in [3.8, 4) is 17.6 Å². The SMILES string of the molecule is Oc1ccc(C#Cc2ccc(C(F)(F)C(O)(Cn3cncn3)c3ccc(F)cc3F)nc2)cc1. The quantitative estimate of drug-likeness (QED) is 0.345. The number of halogens is 4. The molecule has 2 aromatic carbocycles. The molecular formula is C24H16F4N4O2. The van der Waals surface area contributed by atoms with Crippen LogP contribution < -0.4 is 0 Å². The predicted octanol–water partition coefficient (Wildman–Crippen LogP) is 3.74. The molecule has 0 saturated carbocycles. The van der Waals surface area contributed by atoms with Crippen molar-refractivity contribution in [2.24, 2.45) is 0 Å². The van der Waals surface area contributed by atoms with Crippen LogP contribution in [0.3, 0.4) is 0 Å². The Morgan fingerprint density at radius 1 is 0.941 bits per heavy atom. The zero-order valence-corrected chi connectivity index (χ0v) is 17.3. The maximum absolute atomic E-state index is 15.7. The number of rotatable bonds is 5. The first-order valence-corrected chi connectivity index (χ1v) is 9.85. The van der Waals surface area contributed by atoms with Gasteiger partial charge in [-0.1, -0.05) is 11.8 Å². The van der Waals surface area contributed by atoms with Gasteiger partial charge in [0.2, 0.25) is 0 Å². The zero-order valence-electron chi connectivity index (χ0n) is 17.3. The van der Waals surface area contributed by atoms with E-state index in [2.05, 4.69) is 26.9 Å². The summed E-state index contributed by atoms with van der Waals surface area (Å²) in [6.45, 7) is -0.882.